The number of aryl methyl sites for hydroxylation is 1. The summed E-state index contributed by atoms with van der Waals surface area (Å²) < 4.78 is 81.1. The number of hydrogen-bond acceptors (Lipinski definition) is 9. The van der Waals surface area contributed by atoms with E-state index in [0.29, 0.717) is 35.5 Å². The molecule has 14 heteroatoms. The SMILES string of the molecule is CCC1CC(F)CN1.CCc1c(F)ccc2nc(N)cc(-c3nc4c5c(nc(OC)nc5c3F)N(CC(F)F)[C@@H](C)CO4)c12. The van der Waals surface area contributed by atoms with Crippen LogP contribution in [0.2, 0.25) is 0 Å². The van der Waals surface area contributed by atoms with Crippen LogP contribution in [-0.2, 0) is 6.42 Å². The van der Waals surface area contributed by atoms with Gasteiger partial charge in [0.1, 0.15) is 46.8 Å². The molecule has 0 bridgehead atoms. The predicted octanol–water partition coefficient (Wildman–Crippen LogP) is 5.62. The number of alkyl halides is 3. The molecule has 3 N–H and O–H groups in total. The van der Waals surface area contributed by atoms with Crippen LogP contribution in [0, 0.1) is 11.6 Å². The highest BCUT2D eigenvalue weighted by molar-refractivity contribution is 6.02. The molecule has 0 spiro atoms. The van der Waals surface area contributed by atoms with Gasteiger partial charge in [0.05, 0.1) is 25.2 Å². The molecule has 0 saturated carbocycles. The number of aromatic nitrogens is 4. The first kappa shape index (κ1) is 31.4. The maximum absolute atomic E-state index is 16.2. The molecule has 9 nitrogen and oxygen atoms in total. The van der Waals surface area contributed by atoms with Gasteiger partial charge in [0, 0.05) is 23.5 Å². The van der Waals surface area contributed by atoms with Crippen molar-refractivity contribution in [3.05, 3.63) is 35.4 Å². The molecule has 2 unspecified atom stereocenters. The number of nitrogens with one attached hydrogen (secondary N) is 1. The van der Waals surface area contributed by atoms with Gasteiger partial charge < -0.3 is 25.4 Å². The average molecular weight is 620 g/mol. The van der Waals surface area contributed by atoms with Gasteiger partial charge in [0.15, 0.2) is 5.82 Å². The number of ether oxygens (including phenoxy) is 2. The van der Waals surface area contributed by atoms with Crippen molar-refractivity contribution in [2.45, 2.75) is 64.7 Å². The molecule has 0 amide bonds. The molecule has 1 aromatic carbocycles. The number of fused-ring (bicyclic) bond motifs is 1. The normalized spacial score (nSPS) is 19.6. The monoisotopic (exact) mass is 619 g/mol. The van der Waals surface area contributed by atoms with E-state index in [-0.39, 0.29) is 52.3 Å². The molecule has 3 atom stereocenters. The Morgan fingerprint density at radius 3 is 2.52 bits per heavy atom. The van der Waals surface area contributed by atoms with Crippen LogP contribution in [0.25, 0.3) is 33.1 Å². The molecule has 4 aromatic rings. The molecule has 3 aromatic heterocycles. The van der Waals surface area contributed by atoms with E-state index in [1.54, 1.807) is 13.8 Å². The number of benzene rings is 1. The van der Waals surface area contributed by atoms with E-state index in [1.807, 2.05) is 0 Å². The molecule has 0 radical (unpaired) electrons. The Kier molecular flexibility index (Phi) is 9.18. The number of rotatable bonds is 6. The molecular weight excluding hydrogens is 585 g/mol. The Balaban J connectivity index is 0.000000418. The van der Waals surface area contributed by atoms with Gasteiger partial charge in [-0.15, -0.1) is 0 Å². The largest absolute Gasteiger partial charge is 0.475 e. The fourth-order valence-corrected chi connectivity index (χ4v) is 5.61. The Morgan fingerprint density at radius 2 is 1.91 bits per heavy atom. The van der Waals surface area contributed by atoms with Crippen LogP contribution < -0.4 is 25.4 Å². The first-order valence-corrected chi connectivity index (χ1v) is 14.4. The van der Waals surface area contributed by atoms with E-state index in [2.05, 4.69) is 32.2 Å². The van der Waals surface area contributed by atoms with Crippen molar-refractivity contribution in [2.24, 2.45) is 0 Å². The number of nitrogens with two attached hydrogens (primary N) is 1. The summed E-state index contributed by atoms with van der Waals surface area (Å²) in [6.45, 7) is 5.41. The minimum atomic E-state index is -2.68. The van der Waals surface area contributed by atoms with Crippen LogP contribution in [0.15, 0.2) is 18.2 Å². The van der Waals surface area contributed by atoms with Crippen LogP contribution in [0.4, 0.5) is 33.6 Å². The number of nitrogens with zero attached hydrogens (tertiary/aromatic N) is 5. The van der Waals surface area contributed by atoms with Gasteiger partial charge >= 0.3 is 6.01 Å². The van der Waals surface area contributed by atoms with Crippen molar-refractivity contribution >= 4 is 33.4 Å². The zero-order valence-corrected chi connectivity index (χ0v) is 24.8. The molecule has 2 aliphatic rings. The third-order valence-electron chi connectivity index (χ3n) is 7.81. The van der Waals surface area contributed by atoms with E-state index < -0.39 is 36.8 Å². The Labute approximate surface area is 251 Å². The number of pyridine rings is 2. The van der Waals surface area contributed by atoms with Crippen LogP contribution in [-0.4, -0.2) is 71.4 Å². The molecule has 236 valence electrons. The second-order valence-corrected chi connectivity index (χ2v) is 10.8. The van der Waals surface area contributed by atoms with Crippen molar-refractivity contribution in [1.29, 1.82) is 0 Å². The van der Waals surface area contributed by atoms with E-state index in [0.717, 1.165) is 12.8 Å². The van der Waals surface area contributed by atoms with Crippen LogP contribution in [0.5, 0.6) is 11.9 Å². The summed E-state index contributed by atoms with van der Waals surface area (Å²) in [6.07, 6.45) is -1.19. The van der Waals surface area contributed by atoms with E-state index in [9.17, 15) is 17.6 Å². The summed E-state index contributed by atoms with van der Waals surface area (Å²) in [5, 5.41) is 3.47. The van der Waals surface area contributed by atoms with Gasteiger partial charge in [-0.05, 0) is 49.9 Å². The highest BCUT2D eigenvalue weighted by Gasteiger charge is 2.32. The van der Waals surface area contributed by atoms with Gasteiger partial charge in [-0.1, -0.05) is 13.8 Å². The lowest BCUT2D eigenvalue weighted by molar-refractivity contribution is 0.149. The maximum Gasteiger partial charge on any atom is 0.318 e. The summed E-state index contributed by atoms with van der Waals surface area (Å²) in [5.41, 5.74) is 6.47. The lowest BCUT2D eigenvalue weighted by atomic mass is 9.97. The summed E-state index contributed by atoms with van der Waals surface area (Å²) in [4.78, 5) is 18.4. The zero-order valence-electron chi connectivity index (χ0n) is 24.8. The second kappa shape index (κ2) is 12.9. The quantitative estimate of drug-likeness (QED) is 0.266. The summed E-state index contributed by atoms with van der Waals surface area (Å²) in [5.74, 6) is -1.30. The number of nitrogen functional groups attached to an aromatic ring is 1. The first-order chi connectivity index (χ1) is 21.1. The van der Waals surface area contributed by atoms with Crippen molar-refractivity contribution in [3.63, 3.8) is 0 Å². The Bertz CT molecular complexity index is 1680. The number of hydrogen-bond donors (Lipinski definition) is 2. The molecule has 1 fully saturated rings. The highest BCUT2D eigenvalue weighted by Crippen LogP contribution is 2.42. The molecular formula is C30H34F5N7O2. The Hall–Kier alpha value is -4.07. The first-order valence-electron chi connectivity index (χ1n) is 14.4. The van der Waals surface area contributed by atoms with Crippen LogP contribution >= 0.6 is 0 Å². The average Bonchev–Trinajstić information content (AvgIpc) is 3.39. The van der Waals surface area contributed by atoms with Crippen LogP contribution in [0.3, 0.4) is 0 Å². The molecule has 44 heavy (non-hydrogen) atoms. The fraction of sp³-hybridized carbons (Fsp3) is 0.467. The standard InChI is InChI=1S/C24H22F4N6O2.C6H12FN/c1-4-11-13(25)5-6-14-17(11)12(7-16(29)30-14)20-19(28)21-18-22(33-24(32-21)35-3)34(8-15(26)27)10(2)9-36-23(18)31-20;1-2-6-3-5(7)4-8-6/h5-7,10,15H,4,8-9H2,1-3H3,(H2,29,30);5-6,8H,2-4H2,1H3/t10-;/m0./s1. The third kappa shape index (κ3) is 5.99. The number of halogens is 5. The van der Waals surface area contributed by atoms with Crippen molar-refractivity contribution in [1.82, 2.24) is 25.3 Å². The van der Waals surface area contributed by atoms with Gasteiger partial charge in [-0.25, -0.2) is 31.9 Å². The van der Waals surface area contributed by atoms with Gasteiger partial charge in [0.2, 0.25) is 5.88 Å². The summed E-state index contributed by atoms with van der Waals surface area (Å²) >= 11 is 0. The topological polar surface area (TPSA) is 111 Å². The van der Waals surface area contributed by atoms with Gasteiger partial charge in [-0.2, -0.15) is 9.97 Å². The lowest BCUT2D eigenvalue weighted by Gasteiger charge is -2.28. The lowest BCUT2D eigenvalue weighted by Crippen LogP contribution is -2.40. The van der Waals surface area contributed by atoms with E-state index in [1.165, 1.54) is 30.2 Å². The zero-order chi connectivity index (χ0) is 31.7. The maximum atomic E-state index is 16.2. The molecule has 2 aliphatic heterocycles. The molecule has 6 rings (SSSR count). The molecule has 0 aliphatic carbocycles. The molecule has 5 heterocycles. The van der Waals surface area contributed by atoms with Crippen molar-refractivity contribution in [3.8, 4) is 23.1 Å². The smallest absolute Gasteiger partial charge is 0.318 e. The Morgan fingerprint density at radius 1 is 1.14 bits per heavy atom. The fourth-order valence-electron chi connectivity index (χ4n) is 5.61. The van der Waals surface area contributed by atoms with Crippen LogP contribution in [0.1, 0.15) is 39.2 Å². The van der Waals surface area contributed by atoms with Gasteiger partial charge in [-0.3, -0.25) is 0 Å². The predicted molar refractivity (Wildman–Crippen MR) is 158 cm³/mol. The highest BCUT2D eigenvalue weighted by atomic mass is 19.3. The third-order valence-corrected chi connectivity index (χ3v) is 7.81. The second-order valence-electron chi connectivity index (χ2n) is 10.8. The van der Waals surface area contributed by atoms with E-state index in [4.69, 9.17) is 15.2 Å². The number of methoxy groups -OCH3 is 1. The summed E-state index contributed by atoms with van der Waals surface area (Å²) in [6, 6.07) is 3.84. The molecule has 1 saturated heterocycles. The minimum Gasteiger partial charge on any atom is -0.475 e. The van der Waals surface area contributed by atoms with Gasteiger partial charge in [0.25, 0.3) is 6.43 Å². The van der Waals surface area contributed by atoms with E-state index >= 15 is 4.39 Å². The van der Waals surface area contributed by atoms with Crippen molar-refractivity contribution in [2.75, 3.05) is 37.4 Å². The minimum absolute atomic E-state index is 0.0212. The summed E-state index contributed by atoms with van der Waals surface area (Å²) in [7, 11) is 1.29. The van der Waals surface area contributed by atoms with Crippen molar-refractivity contribution < 1.29 is 31.4 Å². The number of anilines is 2.